The van der Waals surface area contributed by atoms with E-state index in [1.807, 2.05) is 0 Å². The van der Waals surface area contributed by atoms with Crippen LogP contribution in [0, 0.1) is 0 Å². The predicted molar refractivity (Wildman–Crippen MR) is 62.4 cm³/mol. The molecule has 1 aromatic rings. The summed E-state index contributed by atoms with van der Waals surface area (Å²) in [6, 6.07) is 6.63. The molecule has 5 heteroatoms. The van der Waals surface area contributed by atoms with E-state index >= 15 is 0 Å². The lowest BCUT2D eigenvalue weighted by Gasteiger charge is -2.03. The molecule has 0 fully saturated rings. The number of primary amides is 1. The lowest BCUT2D eigenvalue weighted by molar-refractivity contribution is -0.117. The van der Waals surface area contributed by atoms with Crippen molar-refractivity contribution in [2.45, 2.75) is 13.3 Å². The summed E-state index contributed by atoms with van der Waals surface area (Å²) in [7, 11) is 0. The number of amides is 2. The topological polar surface area (TPSA) is 89.3 Å². The van der Waals surface area contributed by atoms with Crippen molar-refractivity contribution < 1.29 is 14.4 Å². The van der Waals surface area contributed by atoms with Gasteiger partial charge < -0.3 is 11.1 Å². The highest BCUT2D eigenvalue weighted by atomic mass is 16.2. The van der Waals surface area contributed by atoms with Crippen molar-refractivity contribution in [3.8, 4) is 0 Å². The zero-order chi connectivity index (χ0) is 12.8. The van der Waals surface area contributed by atoms with Gasteiger partial charge >= 0.3 is 0 Å². The van der Waals surface area contributed by atoms with Crippen LogP contribution >= 0.6 is 0 Å². The van der Waals surface area contributed by atoms with Gasteiger partial charge in [0.05, 0.1) is 6.54 Å². The normalized spacial score (nSPS) is 9.71. The third-order valence-corrected chi connectivity index (χ3v) is 2.09. The Kier molecular flexibility index (Phi) is 4.39. The van der Waals surface area contributed by atoms with E-state index in [9.17, 15) is 14.4 Å². The van der Waals surface area contributed by atoms with E-state index < -0.39 is 5.91 Å². The number of Topliss-reactive ketones (excluding diaryl/α,β-unsaturated/α-hetero) is 1. The largest absolute Gasteiger partial charge is 0.368 e. The van der Waals surface area contributed by atoms with Gasteiger partial charge in [0.25, 0.3) is 5.91 Å². The Morgan fingerprint density at radius 3 is 2.24 bits per heavy atom. The molecular formula is C12H14N2O3. The van der Waals surface area contributed by atoms with Gasteiger partial charge in [-0.2, -0.15) is 0 Å². The summed E-state index contributed by atoms with van der Waals surface area (Å²) in [5.74, 6) is -0.888. The van der Waals surface area contributed by atoms with Crippen LogP contribution in [0.5, 0.6) is 0 Å². The molecular weight excluding hydrogens is 220 g/mol. The first-order chi connectivity index (χ1) is 7.99. The van der Waals surface area contributed by atoms with Gasteiger partial charge in [0.1, 0.15) is 5.78 Å². The summed E-state index contributed by atoms with van der Waals surface area (Å²) in [4.78, 5) is 32.9. The van der Waals surface area contributed by atoms with Gasteiger partial charge in [0, 0.05) is 12.0 Å². The number of carbonyl (C=O) groups is 3. The van der Waals surface area contributed by atoms with Gasteiger partial charge in [0.2, 0.25) is 5.91 Å². The first-order valence-electron chi connectivity index (χ1n) is 5.14. The monoisotopic (exact) mass is 234 g/mol. The van der Waals surface area contributed by atoms with Crippen LogP contribution in [0.4, 0.5) is 0 Å². The van der Waals surface area contributed by atoms with Crippen LogP contribution in [0.2, 0.25) is 0 Å². The molecule has 0 spiro atoms. The second kappa shape index (κ2) is 5.79. The van der Waals surface area contributed by atoms with Crippen molar-refractivity contribution >= 4 is 17.6 Å². The average molecular weight is 234 g/mol. The van der Waals surface area contributed by atoms with Crippen LogP contribution in [-0.4, -0.2) is 24.1 Å². The Morgan fingerprint density at radius 1 is 1.18 bits per heavy atom. The SMILES string of the molecule is CC(=O)Cc1ccc(C(=O)NCC(N)=O)cc1. The quantitative estimate of drug-likeness (QED) is 0.753. The molecule has 0 saturated heterocycles. The Balaban J connectivity index is 2.63. The van der Waals surface area contributed by atoms with Crippen molar-refractivity contribution in [1.29, 1.82) is 0 Å². The molecule has 17 heavy (non-hydrogen) atoms. The van der Waals surface area contributed by atoms with Gasteiger partial charge in [-0.3, -0.25) is 14.4 Å². The first-order valence-corrected chi connectivity index (χ1v) is 5.14. The lowest BCUT2D eigenvalue weighted by atomic mass is 10.1. The van der Waals surface area contributed by atoms with Crippen LogP contribution in [-0.2, 0) is 16.0 Å². The summed E-state index contributed by atoms with van der Waals surface area (Å²) in [6.45, 7) is 1.32. The fourth-order valence-corrected chi connectivity index (χ4v) is 1.33. The van der Waals surface area contributed by atoms with E-state index in [2.05, 4.69) is 5.32 Å². The van der Waals surface area contributed by atoms with Gasteiger partial charge in [-0.25, -0.2) is 0 Å². The maximum absolute atomic E-state index is 11.5. The minimum Gasteiger partial charge on any atom is -0.368 e. The Labute approximate surface area is 99.0 Å². The molecule has 3 N–H and O–H groups in total. The molecule has 1 rings (SSSR count). The summed E-state index contributed by atoms with van der Waals surface area (Å²) in [5, 5.41) is 2.38. The number of nitrogens with one attached hydrogen (secondary N) is 1. The molecule has 0 aliphatic rings. The van der Waals surface area contributed by atoms with Crippen LogP contribution in [0.3, 0.4) is 0 Å². The van der Waals surface area contributed by atoms with E-state index in [1.165, 1.54) is 6.92 Å². The smallest absolute Gasteiger partial charge is 0.251 e. The molecule has 0 unspecified atom stereocenters. The van der Waals surface area contributed by atoms with E-state index in [4.69, 9.17) is 5.73 Å². The van der Waals surface area contributed by atoms with Gasteiger partial charge in [-0.15, -0.1) is 0 Å². The van der Waals surface area contributed by atoms with Gasteiger partial charge in [0.15, 0.2) is 0 Å². The first kappa shape index (κ1) is 12.9. The van der Waals surface area contributed by atoms with Crippen molar-refractivity contribution in [3.63, 3.8) is 0 Å². The van der Waals surface area contributed by atoms with Crippen molar-refractivity contribution in [3.05, 3.63) is 35.4 Å². The third kappa shape index (κ3) is 4.46. The molecule has 0 atom stereocenters. The highest BCUT2D eigenvalue weighted by molar-refractivity contribution is 5.96. The molecule has 0 saturated carbocycles. The standard InChI is InChI=1S/C12H14N2O3/c1-8(15)6-9-2-4-10(5-3-9)12(17)14-7-11(13)16/h2-5H,6-7H2,1H3,(H2,13,16)(H,14,17). The van der Waals surface area contributed by atoms with Crippen molar-refractivity contribution in [2.24, 2.45) is 5.73 Å². The highest BCUT2D eigenvalue weighted by Crippen LogP contribution is 2.05. The lowest BCUT2D eigenvalue weighted by Crippen LogP contribution is -2.33. The zero-order valence-corrected chi connectivity index (χ0v) is 9.53. The van der Waals surface area contributed by atoms with E-state index in [0.29, 0.717) is 12.0 Å². The number of hydrogen-bond acceptors (Lipinski definition) is 3. The second-order valence-corrected chi connectivity index (χ2v) is 3.72. The molecule has 0 aliphatic carbocycles. The van der Waals surface area contributed by atoms with Crippen LogP contribution in [0.25, 0.3) is 0 Å². The van der Waals surface area contributed by atoms with Crippen LogP contribution in [0.15, 0.2) is 24.3 Å². The molecule has 0 bridgehead atoms. The maximum Gasteiger partial charge on any atom is 0.251 e. The number of benzene rings is 1. The number of carbonyl (C=O) groups excluding carboxylic acids is 3. The molecule has 2 amide bonds. The molecule has 0 aliphatic heterocycles. The summed E-state index contributed by atoms with van der Waals surface area (Å²) < 4.78 is 0. The predicted octanol–water partition coefficient (Wildman–Crippen LogP) is 0.0332. The summed E-state index contributed by atoms with van der Waals surface area (Å²) >= 11 is 0. The molecule has 0 aromatic heterocycles. The van der Waals surface area contributed by atoms with Crippen molar-refractivity contribution in [1.82, 2.24) is 5.32 Å². The minimum atomic E-state index is -0.591. The second-order valence-electron chi connectivity index (χ2n) is 3.72. The third-order valence-electron chi connectivity index (χ3n) is 2.09. The zero-order valence-electron chi connectivity index (χ0n) is 9.53. The number of ketones is 1. The molecule has 0 heterocycles. The van der Waals surface area contributed by atoms with E-state index in [1.54, 1.807) is 24.3 Å². The molecule has 5 nitrogen and oxygen atoms in total. The van der Waals surface area contributed by atoms with Crippen LogP contribution in [0.1, 0.15) is 22.8 Å². The molecule has 1 aromatic carbocycles. The summed E-state index contributed by atoms with van der Waals surface area (Å²) in [6.07, 6.45) is 0.350. The minimum absolute atomic E-state index is 0.0657. The highest BCUT2D eigenvalue weighted by Gasteiger charge is 2.06. The Morgan fingerprint density at radius 2 is 1.76 bits per heavy atom. The fourth-order valence-electron chi connectivity index (χ4n) is 1.33. The van der Waals surface area contributed by atoms with Gasteiger partial charge in [-0.05, 0) is 24.6 Å². The average Bonchev–Trinajstić information content (AvgIpc) is 2.26. The number of nitrogens with two attached hydrogens (primary N) is 1. The molecule has 0 radical (unpaired) electrons. The maximum atomic E-state index is 11.5. The van der Waals surface area contributed by atoms with Crippen LogP contribution < -0.4 is 11.1 Å². The number of rotatable bonds is 5. The number of hydrogen-bond donors (Lipinski definition) is 2. The van der Waals surface area contributed by atoms with E-state index in [0.717, 1.165) is 5.56 Å². The van der Waals surface area contributed by atoms with E-state index in [-0.39, 0.29) is 18.2 Å². The van der Waals surface area contributed by atoms with Crippen molar-refractivity contribution in [2.75, 3.05) is 6.54 Å². The Bertz CT molecular complexity index is 438. The summed E-state index contributed by atoms with van der Waals surface area (Å²) in [5.41, 5.74) is 6.19. The fraction of sp³-hybridized carbons (Fsp3) is 0.250. The Hall–Kier alpha value is -2.17. The molecule has 90 valence electrons. The van der Waals surface area contributed by atoms with Gasteiger partial charge in [-0.1, -0.05) is 12.1 Å².